The van der Waals surface area contributed by atoms with Crippen molar-refractivity contribution in [2.24, 2.45) is 0 Å². The van der Waals surface area contributed by atoms with Crippen LogP contribution >= 0.6 is 0 Å². The summed E-state index contributed by atoms with van der Waals surface area (Å²) in [6.07, 6.45) is 1.98. The summed E-state index contributed by atoms with van der Waals surface area (Å²) in [6, 6.07) is 3.41. The highest BCUT2D eigenvalue weighted by molar-refractivity contribution is 5.94. The lowest BCUT2D eigenvalue weighted by Crippen LogP contribution is -2.23. The normalized spacial score (nSPS) is 17.0. The SMILES string of the molecule is COc1cc([C@H]2CC(=O)Nc3[nH]ncc32)cc(OC)c1O. The van der Waals surface area contributed by atoms with Gasteiger partial charge in [0.2, 0.25) is 11.7 Å². The molecule has 7 nitrogen and oxygen atoms in total. The number of ether oxygens (including phenoxy) is 2. The Morgan fingerprint density at radius 2 is 1.95 bits per heavy atom. The quantitative estimate of drug-likeness (QED) is 0.797. The van der Waals surface area contributed by atoms with Crippen LogP contribution in [0.1, 0.15) is 23.5 Å². The highest BCUT2D eigenvalue weighted by Gasteiger charge is 2.29. The highest BCUT2D eigenvalue weighted by atomic mass is 16.5. The molecule has 0 saturated carbocycles. The number of methoxy groups -OCH3 is 2. The maximum atomic E-state index is 11.8. The second-order valence-corrected chi connectivity index (χ2v) is 4.78. The molecule has 110 valence electrons. The van der Waals surface area contributed by atoms with Gasteiger partial charge in [-0.15, -0.1) is 0 Å². The van der Waals surface area contributed by atoms with E-state index in [0.717, 1.165) is 11.1 Å². The zero-order valence-electron chi connectivity index (χ0n) is 11.6. The van der Waals surface area contributed by atoms with E-state index in [1.807, 2.05) is 0 Å². The van der Waals surface area contributed by atoms with Crippen LogP contribution in [0.4, 0.5) is 5.82 Å². The van der Waals surface area contributed by atoms with Gasteiger partial charge in [-0.2, -0.15) is 5.10 Å². The number of rotatable bonds is 3. The van der Waals surface area contributed by atoms with Gasteiger partial charge in [0.1, 0.15) is 5.82 Å². The molecule has 1 aliphatic heterocycles. The van der Waals surface area contributed by atoms with Gasteiger partial charge in [0, 0.05) is 17.9 Å². The van der Waals surface area contributed by atoms with E-state index in [1.54, 1.807) is 18.3 Å². The molecule has 1 amide bonds. The second-order valence-electron chi connectivity index (χ2n) is 4.78. The molecule has 3 N–H and O–H groups in total. The fourth-order valence-electron chi connectivity index (χ4n) is 2.56. The van der Waals surface area contributed by atoms with Crippen molar-refractivity contribution < 1.29 is 19.4 Å². The van der Waals surface area contributed by atoms with Gasteiger partial charge < -0.3 is 19.9 Å². The fourth-order valence-corrected chi connectivity index (χ4v) is 2.56. The number of phenols is 1. The first-order valence-corrected chi connectivity index (χ1v) is 6.42. The Kier molecular flexibility index (Phi) is 3.17. The van der Waals surface area contributed by atoms with Gasteiger partial charge in [-0.1, -0.05) is 0 Å². The lowest BCUT2D eigenvalue weighted by atomic mass is 9.87. The van der Waals surface area contributed by atoms with Crippen LogP contribution in [0.5, 0.6) is 17.2 Å². The Hall–Kier alpha value is -2.70. The molecule has 0 bridgehead atoms. The molecule has 1 aliphatic rings. The smallest absolute Gasteiger partial charge is 0.226 e. The molecule has 1 aromatic heterocycles. The topological polar surface area (TPSA) is 96.5 Å². The molecular formula is C14H15N3O4. The standard InChI is InChI=1S/C14H15N3O4/c1-20-10-3-7(4-11(21-2)13(10)19)8-5-12(18)16-14-9(8)6-15-17-14/h3-4,6,8,19H,5H2,1-2H3,(H2,15,16,17,18)/t8-/m1/s1. The monoisotopic (exact) mass is 289 g/mol. The van der Waals surface area contributed by atoms with E-state index in [-0.39, 0.29) is 17.6 Å². The first kappa shape index (κ1) is 13.3. The molecular weight excluding hydrogens is 274 g/mol. The molecule has 0 aliphatic carbocycles. The summed E-state index contributed by atoms with van der Waals surface area (Å²) in [7, 11) is 2.93. The summed E-state index contributed by atoms with van der Waals surface area (Å²) in [5.41, 5.74) is 1.71. The zero-order chi connectivity index (χ0) is 15.0. The predicted octanol–water partition coefficient (Wildman–Crippen LogP) is 1.61. The molecule has 1 atom stereocenters. The number of carbonyl (C=O) groups excluding carboxylic acids is 1. The third-order valence-corrected chi connectivity index (χ3v) is 3.60. The third kappa shape index (κ3) is 2.16. The van der Waals surface area contributed by atoms with E-state index in [1.165, 1.54) is 14.2 Å². The first-order valence-electron chi connectivity index (χ1n) is 6.42. The number of aromatic nitrogens is 2. The number of fused-ring (bicyclic) bond motifs is 1. The Morgan fingerprint density at radius 1 is 1.29 bits per heavy atom. The maximum absolute atomic E-state index is 11.8. The van der Waals surface area contributed by atoms with Gasteiger partial charge in [0.15, 0.2) is 11.5 Å². The molecule has 2 heterocycles. The zero-order valence-corrected chi connectivity index (χ0v) is 11.6. The number of phenolic OH excluding ortho intramolecular Hbond substituents is 1. The Labute approximate surface area is 120 Å². The van der Waals surface area contributed by atoms with Crippen molar-refractivity contribution in [2.75, 3.05) is 19.5 Å². The van der Waals surface area contributed by atoms with Crippen molar-refractivity contribution >= 4 is 11.7 Å². The van der Waals surface area contributed by atoms with E-state index in [9.17, 15) is 9.90 Å². The molecule has 0 unspecified atom stereocenters. The second kappa shape index (κ2) is 5.01. The number of hydrogen-bond acceptors (Lipinski definition) is 5. The van der Waals surface area contributed by atoms with Crippen LogP contribution < -0.4 is 14.8 Å². The van der Waals surface area contributed by atoms with Gasteiger partial charge in [-0.05, 0) is 17.7 Å². The average molecular weight is 289 g/mol. The third-order valence-electron chi connectivity index (χ3n) is 3.60. The molecule has 0 radical (unpaired) electrons. The average Bonchev–Trinajstić information content (AvgIpc) is 2.94. The summed E-state index contributed by atoms with van der Waals surface area (Å²) in [6.45, 7) is 0. The van der Waals surface area contributed by atoms with E-state index in [4.69, 9.17) is 9.47 Å². The van der Waals surface area contributed by atoms with Crippen LogP contribution in [0, 0.1) is 0 Å². The number of aromatic hydroxyl groups is 1. The van der Waals surface area contributed by atoms with Crippen molar-refractivity contribution in [3.8, 4) is 17.2 Å². The number of hydrogen-bond donors (Lipinski definition) is 3. The number of carbonyl (C=O) groups is 1. The summed E-state index contributed by atoms with van der Waals surface area (Å²) < 4.78 is 10.3. The fraction of sp³-hybridized carbons (Fsp3) is 0.286. The van der Waals surface area contributed by atoms with Gasteiger partial charge in [0.05, 0.1) is 20.4 Å². The minimum absolute atomic E-state index is 0.0589. The number of benzene rings is 1. The molecule has 1 aromatic carbocycles. The number of nitrogens with zero attached hydrogens (tertiary/aromatic N) is 1. The van der Waals surface area contributed by atoms with E-state index in [0.29, 0.717) is 23.7 Å². The number of anilines is 1. The van der Waals surface area contributed by atoms with Gasteiger partial charge in [-0.25, -0.2) is 0 Å². The first-order chi connectivity index (χ1) is 10.1. The number of aromatic amines is 1. The van der Waals surface area contributed by atoms with Crippen molar-refractivity contribution in [1.29, 1.82) is 0 Å². The summed E-state index contributed by atoms with van der Waals surface area (Å²) in [5.74, 6) is 0.887. The Morgan fingerprint density at radius 3 is 2.57 bits per heavy atom. The molecule has 0 saturated heterocycles. The minimum Gasteiger partial charge on any atom is -0.502 e. The molecule has 3 rings (SSSR count). The van der Waals surface area contributed by atoms with Crippen molar-refractivity contribution in [2.45, 2.75) is 12.3 Å². The van der Waals surface area contributed by atoms with Gasteiger partial charge in [-0.3, -0.25) is 9.89 Å². The highest BCUT2D eigenvalue weighted by Crippen LogP contribution is 2.43. The van der Waals surface area contributed by atoms with Crippen LogP contribution in [0.2, 0.25) is 0 Å². The predicted molar refractivity (Wildman–Crippen MR) is 74.9 cm³/mol. The van der Waals surface area contributed by atoms with E-state index < -0.39 is 0 Å². The van der Waals surface area contributed by atoms with Crippen LogP contribution in [-0.4, -0.2) is 35.4 Å². The van der Waals surface area contributed by atoms with Crippen LogP contribution in [-0.2, 0) is 4.79 Å². The Balaban J connectivity index is 2.11. The van der Waals surface area contributed by atoms with E-state index >= 15 is 0 Å². The lowest BCUT2D eigenvalue weighted by Gasteiger charge is -2.23. The van der Waals surface area contributed by atoms with Crippen LogP contribution in [0.15, 0.2) is 18.3 Å². The number of nitrogens with one attached hydrogen (secondary N) is 2. The largest absolute Gasteiger partial charge is 0.502 e. The molecule has 0 fully saturated rings. The van der Waals surface area contributed by atoms with Gasteiger partial charge in [0.25, 0.3) is 0 Å². The van der Waals surface area contributed by atoms with Crippen LogP contribution in [0.25, 0.3) is 0 Å². The maximum Gasteiger partial charge on any atom is 0.226 e. The molecule has 21 heavy (non-hydrogen) atoms. The summed E-state index contributed by atoms with van der Waals surface area (Å²) in [5, 5.41) is 19.4. The molecule has 2 aromatic rings. The van der Waals surface area contributed by atoms with Crippen molar-refractivity contribution in [3.63, 3.8) is 0 Å². The van der Waals surface area contributed by atoms with Crippen molar-refractivity contribution in [1.82, 2.24) is 10.2 Å². The Bertz CT molecular complexity index is 670. The number of amides is 1. The van der Waals surface area contributed by atoms with E-state index in [2.05, 4.69) is 15.5 Å². The number of H-pyrrole nitrogens is 1. The molecule has 0 spiro atoms. The van der Waals surface area contributed by atoms with Crippen LogP contribution in [0.3, 0.4) is 0 Å². The lowest BCUT2D eigenvalue weighted by molar-refractivity contribution is -0.116. The van der Waals surface area contributed by atoms with Crippen molar-refractivity contribution in [3.05, 3.63) is 29.5 Å². The summed E-state index contributed by atoms with van der Waals surface area (Å²) >= 11 is 0. The summed E-state index contributed by atoms with van der Waals surface area (Å²) in [4.78, 5) is 11.8. The minimum atomic E-state index is -0.170. The molecule has 7 heteroatoms. The van der Waals surface area contributed by atoms with Gasteiger partial charge >= 0.3 is 0 Å².